The van der Waals surface area contributed by atoms with Gasteiger partial charge < -0.3 is 15.8 Å². The van der Waals surface area contributed by atoms with Crippen LogP contribution in [0.4, 0.5) is 22.0 Å². The molecule has 3 rings (SSSR count). The summed E-state index contributed by atoms with van der Waals surface area (Å²) in [5.74, 6) is 1.51. The lowest BCUT2D eigenvalue weighted by molar-refractivity contribution is 0.310. The third-order valence-electron chi connectivity index (χ3n) is 3.82. The van der Waals surface area contributed by atoms with Gasteiger partial charge in [-0.15, -0.1) is 0 Å². The van der Waals surface area contributed by atoms with E-state index in [-0.39, 0.29) is 11.8 Å². The monoisotopic (exact) mass is 368 g/mol. The topological polar surface area (TPSA) is 89.2 Å². The molecule has 27 heavy (non-hydrogen) atoms. The van der Waals surface area contributed by atoms with Crippen LogP contribution >= 0.6 is 0 Å². The number of methoxy groups -OCH3 is 1. The highest BCUT2D eigenvalue weighted by Crippen LogP contribution is 2.16. The van der Waals surface area contributed by atoms with Crippen molar-refractivity contribution < 1.29 is 9.13 Å². The van der Waals surface area contributed by atoms with Crippen LogP contribution in [0.2, 0.25) is 0 Å². The van der Waals surface area contributed by atoms with Gasteiger partial charge >= 0.3 is 0 Å². The smallest absolute Gasteiger partial charge is 0.232 e. The molecule has 8 heteroatoms. The number of benzene rings is 2. The summed E-state index contributed by atoms with van der Waals surface area (Å²) in [5, 5.41) is 3.01. The van der Waals surface area contributed by atoms with E-state index in [1.807, 2.05) is 31.3 Å². The summed E-state index contributed by atoms with van der Waals surface area (Å²) >= 11 is 0. The quantitative estimate of drug-likeness (QED) is 0.663. The van der Waals surface area contributed by atoms with Gasteiger partial charge in [-0.25, -0.2) is 4.39 Å². The fourth-order valence-electron chi connectivity index (χ4n) is 2.57. The Morgan fingerprint density at radius 2 is 1.70 bits per heavy atom. The molecule has 2 aromatic carbocycles. The minimum absolute atomic E-state index is 0.127. The molecule has 0 saturated carbocycles. The number of hydrogen-bond acceptors (Lipinski definition) is 7. The van der Waals surface area contributed by atoms with Crippen LogP contribution < -0.4 is 15.8 Å². The molecule has 7 nitrogen and oxygen atoms in total. The molecule has 0 spiro atoms. The molecule has 0 amide bonds. The molecular weight excluding hydrogens is 347 g/mol. The summed E-state index contributed by atoms with van der Waals surface area (Å²) in [7, 11) is 3.61. The predicted octanol–water partition coefficient (Wildman–Crippen LogP) is 2.98. The standard InChI is InChI=1S/C19H21FN6O/c1-26(11-13-3-9-16(27-2)10-4-13)12-17-23-18(21)25-19(24-17)22-15-7-5-14(20)6-8-15/h3-10H,11-12H2,1-2H3,(H3,21,22,23,24,25). The highest BCUT2D eigenvalue weighted by Gasteiger charge is 2.09. The maximum absolute atomic E-state index is 13.0. The van der Waals surface area contributed by atoms with E-state index in [0.29, 0.717) is 24.0 Å². The highest BCUT2D eigenvalue weighted by atomic mass is 19.1. The average molecular weight is 368 g/mol. The van der Waals surface area contributed by atoms with Gasteiger partial charge in [-0.3, -0.25) is 4.90 Å². The lowest BCUT2D eigenvalue weighted by Crippen LogP contribution is -2.20. The molecule has 3 aromatic rings. The van der Waals surface area contributed by atoms with Gasteiger partial charge in [0, 0.05) is 12.2 Å². The zero-order valence-corrected chi connectivity index (χ0v) is 15.2. The predicted molar refractivity (Wildman–Crippen MR) is 102 cm³/mol. The van der Waals surface area contributed by atoms with Crippen LogP contribution in [0.3, 0.4) is 0 Å². The van der Waals surface area contributed by atoms with E-state index in [4.69, 9.17) is 10.5 Å². The molecule has 3 N–H and O–H groups in total. The molecule has 140 valence electrons. The van der Waals surface area contributed by atoms with Crippen LogP contribution in [0.5, 0.6) is 5.75 Å². The first kappa shape index (κ1) is 18.5. The number of ether oxygens (including phenoxy) is 1. The first-order valence-electron chi connectivity index (χ1n) is 8.36. The fourth-order valence-corrected chi connectivity index (χ4v) is 2.57. The van der Waals surface area contributed by atoms with Crippen LogP contribution in [-0.4, -0.2) is 34.0 Å². The van der Waals surface area contributed by atoms with Crippen molar-refractivity contribution in [2.45, 2.75) is 13.1 Å². The number of anilines is 3. The van der Waals surface area contributed by atoms with Crippen molar-refractivity contribution in [2.75, 3.05) is 25.2 Å². The Bertz CT molecular complexity index is 886. The number of nitrogens with zero attached hydrogens (tertiary/aromatic N) is 4. The molecule has 0 aliphatic carbocycles. The van der Waals surface area contributed by atoms with Crippen molar-refractivity contribution in [1.82, 2.24) is 19.9 Å². The van der Waals surface area contributed by atoms with E-state index < -0.39 is 0 Å². The Kier molecular flexibility index (Phi) is 5.77. The number of aromatic nitrogens is 3. The van der Waals surface area contributed by atoms with Crippen molar-refractivity contribution in [2.24, 2.45) is 0 Å². The molecule has 0 radical (unpaired) electrons. The third kappa shape index (κ3) is 5.35. The Morgan fingerprint density at radius 3 is 2.37 bits per heavy atom. The van der Waals surface area contributed by atoms with E-state index >= 15 is 0 Å². The van der Waals surface area contributed by atoms with E-state index in [0.717, 1.165) is 17.9 Å². The zero-order chi connectivity index (χ0) is 19.2. The van der Waals surface area contributed by atoms with Crippen LogP contribution in [0.25, 0.3) is 0 Å². The van der Waals surface area contributed by atoms with Crippen LogP contribution in [0, 0.1) is 5.82 Å². The summed E-state index contributed by atoms with van der Waals surface area (Å²) in [6.45, 7) is 1.22. The molecule has 1 heterocycles. The van der Waals surface area contributed by atoms with Gasteiger partial charge in [0.05, 0.1) is 13.7 Å². The van der Waals surface area contributed by atoms with Crippen LogP contribution in [-0.2, 0) is 13.1 Å². The second kappa shape index (κ2) is 8.41. The molecule has 0 aliphatic heterocycles. The van der Waals surface area contributed by atoms with Gasteiger partial charge in [-0.2, -0.15) is 15.0 Å². The summed E-state index contributed by atoms with van der Waals surface area (Å²) < 4.78 is 18.2. The molecule has 0 atom stereocenters. The second-order valence-corrected chi connectivity index (χ2v) is 6.09. The van der Waals surface area contributed by atoms with Gasteiger partial charge in [-0.05, 0) is 49.0 Å². The fraction of sp³-hybridized carbons (Fsp3) is 0.211. The first-order chi connectivity index (χ1) is 13.0. The van der Waals surface area contributed by atoms with Crippen molar-refractivity contribution in [3.05, 3.63) is 65.7 Å². The number of rotatable bonds is 7. The molecule has 0 saturated heterocycles. The van der Waals surface area contributed by atoms with Gasteiger partial charge in [0.1, 0.15) is 17.4 Å². The lowest BCUT2D eigenvalue weighted by atomic mass is 10.2. The molecule has 1 aromatic heterocycles. The summed E-state index contributed by atoms with van der Waals surface area (Å²) in [4.78, 5) is 14.7. The normalized spacial score (nSPS) is 10.8. The lowest BCUT2D eigenvalue weighted by Gasteiger charge is -2.16. The summed E-state index contributed by atoms with van der Waals surface area (Å²) in [6, 6.07) is 13.8. The largest absolute Gasteiger partial charge is 0.497 e. The van der Waals surface area contributed by atoms with Gasteiger partial charge in [0.25, 0.3) is 0 Å². The number of hydrogen-bond donors (Lipinski definition) is 2. The molecule has 0 aliphatic rings. The molecule has 0 fully saturated rings. The second-order valence-electron chi connectivity index (χ2n) is 6.09. The number of nitrogens with two attached hydrogens (primary N) is 1. The van der Waals surface area contributed by atoms with E-state index in [2.05, 4.69) is 25.2 Å². The van der Waals surface area contributed by atoms with E-state index in [9.17, 15) is 4.39 Å². The van der Waals surface area contributed by atoms with Crippen molar-refractivity contribution >= 4 is 17.6 Å². The maximum atomic E-state index is 13.0. The Morgan fingerprint density at radius 1 is 1.00 bits per heavy atom. The average Bonchev–Trinajstić information content (AvgIpc) is 2.63. The van der Waals surface area contributed by atoms with Gasteiger partial charge in [-0.1, -0.05) is 12.1 Å². The van der Waals surface area contributed by atoms with E-state index in [1.165, 1.54) is 12.1 Å². The molecular formula is C19H21FN6O. The van der Waals surface area contributed by atoms with Crippen molar-refractivity contribution in [1.29, 1.82) is 0 Å². The minimum Gasteiger partial charge on any atom is -0.497 e. The minimum atomic E-state index is -0.309. The summed E-state index contributed by atoms with van der Waals surface area (Å²) in [6.07, 6.45) is 0. The number of nitrogen functional groups attached to an aromatic ring is 1. The highest BCUT2D eigenvalue weighted by molar-refractivity contribution is 5.53. The van der Waals surface area contributed by atoms with Crippen LogP contribution in [0.1, 0.15) is 11.4 Å². The molecule has 0 bridgehead atoms. The van der Waals surface area contributed by atoms with E-state index in [1.54, 1.807) is 19.2 Å². The first-order valence-corrected chi connectivity index (χ1v) is 8.36. The number of halogens is 1. The Labute approximate surface area is 157 Å². The molecule has 0 unspecified atom stereocenters. The third-order valence-corrected chi connectivity index (χ3v) is 3.82. The SMILES string of the molecule is COc1ccc(CN(C)Cc2nc(N)nc(Nc3ccc(F)cc3)n2)cc1. The van der Waals surface area contributed by atoms with Gasteiger partial charge in [0.15, 0.2) is 0 Å². The van der Waals surface area contributed by atoms with Crippen LogP contribution in [0.15, 0.2) is 48.5 Å². The maximum Gasteiger partial charge on any atom is 0.232 e. The number of nitrogens with one attached hydrogen (secondary N) is 1. The van der Waals surface area contributed by atoms with Gasteiger partial charge in [0.2, 0.25) is 11.9 Å². The summed E-state index contributed by atoms with van der Waals surface area (Å²) in [5.41, 5.74) is 7.61. The Hall–Kier alpha value is -3.26. The van der Waals surface area contributed by atoms with Crippen molar-refractivity contribution in [3.63, 3.8) is 0 Å². The zero-order valence-electron chi connectivity index (χ0n) is 15.2. The van der Waals surface area contributed by atoms with Crippen molar-refractivity contribution in [3.8, 4) is 5.75 Å². The Balaban J connectivity index is 1.66.